The second-order valence-corrected chi connectivity index (χ2v) is 4.82. The molecule has 1 aliphatic rings. The molecule has 0 heterocycles. The molecule has 0 aromatic heterocycles. The smallest absolute Gasteiger partial charge is 0.120 e. The lowest BCUT2D eigenvalue weighted by Gasteiger charge is -1.96. The van der Waals surface area contributed by atoms with Crippen molar-refractivity contribution in [2.45, 2.75) is 20.3 Å². The van der Waals surface area contributed by atoms with E-state index in [-0.39, 0.29) is 5.41 Å². The highest BCUT2D eigenvalue weighted by molar-refractivity contribution is 6.55. The Bertz CT molecular complexity index is 217. The second kappa shape index (κ2) is 3.39. The van der Waals surface area contributed by atoms with Gasteiger partial charge in [0.1, 0.15) is 10.8 Å². The number of carbonyl (C=O) groups is 1. The van der Waals surface area contributed by atoms with Crippen LogP contribution in [0, 0.1) is 17.3 Å². The van der Waals surface area contributed by atoms with E-state index in [0.29, 0.717) is 22.7 Å². The van der Waals surface area contributed by atoms with E-state index in [0.717, 1.165) is 6.29 Å². The molecule has 2 atom stereocenters. The number of rotatable bonds is 3. The zero-order valence-corrected chi connectivity index (χ0v) is 8.69. The highest BCUT2D eigenvalue weighted by Gasteiger charge is 2.55. The molecule has 0 unspecified atom stereocenters. The largest absolute Gasteiger partial charge is 0.303 e. The van der Waals surface area contributed by atoms with E-state index in [2.05, 4.69) is 13.8 Å². The number of hydrogen-bond acceptors (Lipinski definition) is 1. The Morgan fingerprint density at radius 3 is 2.50 bits per heavy atom. The van der Waals surface area contributed by atoms with Gasteiger partial charge < -0.3 is 4.79 Å². The summed E-state index contributed by atoms with van der Waals surface area (Å²) in [6.45, 7) is 4.25. The van der Waals surface area contributed by atoms with Crippen LogP contribution in [0.1, 0.15) is 20.3 Å². The van der Waals surface area contributed by atoms with Crippen LogP contribution in [0.2, 0.25) is 0 Å². The Morgan fingerprint density at radius 1 is 1.50 bits per heavy atom. The van der Waals surface area contributed by atoms with Gasteiger partial charge in [0.2, 0.25) is 0 Å². The first-order valence-corrected chi connectivity index (χ1v) is 4.72. The van der Waals surface area contributed by atoms with E-state index in [4.69, 9.17) is 23.2 Å². The molecule has 0 bridgehead atoms. The summed E-state index contributed by atoms with van der Waals surface area (Å²) in [7, 11) is 0. The molecule has 1 nitrogen and oxygen atoms in total. The Balaban J connectivity index is 2.60. The predicted molar refractivity (Wildman–Crippen MR) is 51.2 cm³/mol. The Labute approximate surface area is 82.7 Å². The molecule has 1 fully saturated rings. The first kappa shape index (κ1) is 10.1. The molecule has 1 aliphatic carbocycles. The van der Waals surface area contributed by atoms with Gasteiger partial charge in [0.15, 0.2) is 0 Å². The maximum absolute atomic E-state index is 10.3. The lowest BCUT2D eigenvalue weighted by atomic mass is 10.1. The van der Waals surface area contributed by atoms with Crippen molar-refractivity contribution in [2.24, 2.45) is 17.3 Å². The molecule has 0 aromatic carbocycles. The lowest BCUT2D eigenvalue weighted by Crippen LogP contribution is -1.90. The van der Waals surface area contributed by atoms with Gasteiger partial charge in [-0.05, 0) is 17.3 Å². The number of carbonyl (C=O) groups excluding carboxylic acids is 1. The summed E-state index contributed by atoms with van der Waals surface area (Å²) in [5.74, 6) is 0.787. The minimum absolute atomic E-state index is 0.190. The molecule has 1 saturated carbocycles. The number of halogens is 2. The highest BCUT2D eigenvalue weighted by atomic mass is 35.5. The zero-order chi connectivity index (χ0) is 9.35. The Morgan fingerprint density at radius 2 is 2.08 bits per heavy atom. The SMILES string of the molecule is CC1(C)[C@H](CC=O)[C@@H]1C=C(Cl)Cl. The van der Waals surface area contributed by atoms with Crippen LogP contribution < -0.4 is 0 Å². The van der Waals surface area contributed by atoms with Crippen molar-refractivity contribution in [3.8, 4) is 0 Å². The van der Waals surface area contributed by atoms with Crippen molar-refractivity contribution in [3.05, 3.63) is 10.6 Å². The van der Waals surface area contributed by atoms with Gasteiger partial charge in [0.25, 0.3) is 0 Å². The maximum Gasteiger partial charge on any atom is 0.120 e. The van der Waals surface area contributed by atoms with Crippen molar-refractivity contribution >= 4 is 29.5 Å². The third-order valence-electron chi connectivity index (χ3n) is 2.79. The quantitative estimate of drug-likeness (QED) is 0.649. The number of allylic oxidation sites excluding steroid dienone is 1. The summed E-state index contributed by atoms with van der Waals surface area (Å²) >= 11 is 11.1. The molecule has 1 rings (SSSR count). The average Bonchev–Trinajstić information content (AvgIpc) is 2.39. The maximum atomic E-state index is 10.3. The van der Waals surface area contributed by atoms with Crippen LogP contribution >= 0.6 is 23.2 Å². The molecular weight excluding hydrogens is 195 g/mol. The average molecular weight is 207 g/mol. The highest BCUT2D eigenvalue weighted by Crippen LogP contribution is 2.60. The minimum atomic E-state index is 0.190. The van der Waals surface area contributed by atoms with E-state index in [9.17, 15) is 4.79 Å². The minimum Gasteiger partial charge on any atom is -0.303 e. The zero-order valence-electron chi connectivity index (χ0n) is 7.18. The number of aldehydes is 1. The number of hydrogen-bond donors (Lipinski definition) is 0. The van der Waals surface area contributed by atoms with Crippen molar-refractivity contribution < 1.29 is 4.79 Å². The van der Waals surface area contributed by atoms with Gasteiger partial charge in [-0.15, -0.1) is 0 Å². The van der Waals surface area contributed by atoms with Gasteiger partial charge >= 0.3 is 0 Å². The van der Waals surface area contributed by atoms with Gasteiger partial charge in [-0.3, -0.25) is 0 Å². The van der Waals surface area contributed by atoms with Crippen LogP contribution in [-0.4, -0.2) is 6.29 Å². The van der Waals surface area contributed by atoms with Gasteiger partial charge in [-0.2, -0.15) is 0 Å². The molecule has 0 spiro atoms. The van der Waals surface area contributed by atoms with Gasteiger partial charge in [0, 0.05) is 6.42 Å². The van der Waals surface area contributed by atoms with Crippen molar-refractivity contribution in [3.63, 3.8) is 0 Å². The molecular formula is C9H12Cl2O. The first-order valence-electron chi connectivity index (χ1n) is 3.96. The first-order chi connectivity index (χ1) is 5.50. The molecule has 0 aromatic rings. The summed E-state index contributed by atoms with van der Waals surface area (Å²) < 4.78 is 0.307. The molecule has 0 radical (unpaired) electrons. The molecule has 12 heavy (non-hydrogen) atoms. The van der Waals surface area contributed by atoms with E-state index < -0.39 is 0 Å². The van der Waals surface area contributed by atoms with Crippen molar-refractivity contribution in [1.82, 2.24) is 0 Å². The van der Waals surface area contributed by atoms with Crippen LogP contribution in [0.25, 0.3) is 0 Å². The standard InChI is InChI=1S/C9H12Cl2O/c1-9(2)6(3-4-12)7(9)5-8(10)11/h4-7H,3H2,1-2H3/t6-,7+/m1/s1. The molecule has 0 saturated heterocycles. The summed E-state index contributed by atoms with van der Waals surface area (Å²) in [5, 5.41) is 0. The molecule has 0 N–H and O–H groups in total. The lowest BCUT2D eigenvalue weighted by molar-refractivity contribution is -0.108. The third-order valence-corrected chi connectivity index (χ3v) is 3.05. The Hall–Kier alpha value is -0.0100. The van der Waals surface area contributed by atoms with E-state index in [1.807, 2.05) is 6.08 Å². The van der Waals surface area contributed by atoms with Crippen LogP contribution in [0.3, 0.4) is 0 Å². The summed E-state index contributed by atoms with van der Waals surface area (Å²) in [6.07, 6.45) is 3.40. The molecule has 68 valence electrons. The normalized spacial score (nSPS) is 31.0. The van der Waals surface area contributed by atoms with Crippen LogP contribution in [0.5, 0.6) is 0 Å². The second-order valence-electron chi connectivity index (χ2n) is 3.81. The Kier molecular flexibility index (Phi) is 2.84. The van der Waals surface area contributed by atoms with Gasteiger partial charge in [-0.25, -0.2) is 0 Å². The van der Waals surface area contributed by atoms with E-state index in [1.54, 1.807) is 0 Å². The van der Waals surface area contributed by atoms with Crippen LogP contribution in [0.4, 0.5) is 0 Å². The molecule has 3 heteroatoms. The topological polar surface area (TPSA) is 17.1 Å². The van der Waals surface area contributed by atoms with Gasteiger partial charge in [0.05, 0.1) is 0 Å². The molecule has 0 aliphatic heterocycles. The van der Waals surface area contributed by atoms with Crippen LogP contribution in [-0.2, 0) is 4.79 Å². The fraction of sp³-hybridized carbons (Fsp3) is 0.667. The van der Waals surface area contributed by atoms with E-state index >= 15 is 0 Å². The predicted octanol–water partition coefficient (Wildman–Crippen LogP) is 3.17. The van der Waals surface area contributed by atoms with Crippen molar-refractivity contribution in [2.75, 3.05) is 0 Å². The van der Waals surface area contributed by atoms with Gasteiger partial charge in [-0.1, -0.05) is 43.1 Å². The summed E-state index contributed by atoms with van der Waals surface area (Å²) in [5.41, 5.74) is 0.190. The monoisotopic (exact) mass is 206 g/mol. The molecule has 0 amide bonds. The summed E-state index contributed by atoms with van der Waals surface area (Å²) in [6, 6.07) is 0. The summed E-state index contributed by atoms with van der Waals surface area (Å²) in [4.78, 5) is 10.3. The fourth-order valence-electron chi connectivity index (χ4n) is 1.81. The fourth-order valence-corrected chi connectivity index (χ4v) is 2.08. The van der Waals surface area contributed by atoms with E-state index in [1.165, 1.54) is 0 Å². The third kappa shape index (κ3) is 1.83. The van der Waals surface area contributed by atoms with Crippen LogP contribution in [0.15, 0.2) is 10.6 Å². The van der Waals surface area contributed by atoms with Crippen molar-refractivity contribution in [1.29, 1.82) is 0 Å².